The van der Waals surface area contributed by atoms with E-state index in [2.05, 4.69) is 0 Å². The van der Waals surface area contributed by atoms with Crippen LogP contribution >= 0.6 is 0 Å². The maximum absolute atomic E-state index is 13.3. The van der Waals surface area contributed by atoms with Crippen molar-refractivity contribution in [3.63, 3.8) is 0 Å². The van der Waals surface area contributed by atoms with Crippen molar-refractivity contribution >= 4 is 11.9 Å². The van der Waals surface area contributed by atoms with E-state index in [0.717, 1.165) is 11.1 Å². The van der Waals surface area contributed by atoms with E-state index in [4.69, 9.17) is 9.47 Å². The van der Waals surface area contributed by atoms with E-state index in [0.29, 0.717) is 13.1 Å². The van der Waals surface area contributed by atoms with Crippen LogP contribution in [0, 0.1) is 5.41 Å². The van der Waals surface area contributed by atoms with Gasteiger partial charge in [0.1, 0.15) is 12.6 Å². The Bertz CT molecular complexity index is 909. The van der Waals surface area contributed by atoms with Crippen molar-refractivity contribution in [3.8, 4) is 0 Å². The van der Waals surface area contributed by atoms with Gasteiger partial charge in [-0.15, -0.1) is 0 Å². The van der Waals surface area contributed by atoms with Crippen LogP contribution < -0.4 is 0 Å². The van der Waals surface area contributed by atoms with E-state index in [9.17, 15) is 14.7 Å². The molecule has 1 fully saturated rings. The zero-order chi connectivity index (χ0) is 23.4. The van der Waals surface area contributed by atoms with E-state index >= 15 is 0 Å². The third-order valence-electron chi connectivity index (χ3n) is 5.74. The lowest BCUT2D eigenvalue weighted by atomic mass is 9.73. The number of benzene rings is 2. The highest BCUT2D eigenvalue weighted by Gasteiger charge is 2.54. The lowest BCUT2D eigenvalue weighted by Crippen LogP contribution is -2.62. The standard InChI is InChI=1S/C26H33NO5/c1-25(2,3)32-21-15-26(4,24(29)30)22(23(28)31-18-20-13-9-6-10-14-20)27(17-21)16-19-11-7-5-8-12-19/h5-14,21-22H,15-18H2,1-4H3,(H,29,30)/t21-,22+,26-/m0/s1. The first kappa shape index (κ1) is 24.0. The van der Waals surface area contributed by atoms with Gasteiger partial charge in [-0.2, -0.15) is 0 Å². The summed E-state index contributed by atoms with van der Waals surface area (Å²) in [5.41, 5.74) is 0.0783. The van der Waals surface area contributed by atoms with Crippen LogP contribution in [-0.2, 0) is 32.2 Å². The zero-order valence-corrected chi connectivity index (χ0v) is 19.3. The van der Waals surface area contributed by atoms with Gasteiger partial charge in [-0.25, -0.2) is 0 Å². The molecule has 0 spiro atoms. The summed E-state index contributed by atoms with van der Waals surface area (Å²) in [7, 11) is 0. The van der Waals surface area contributed by atoms with Gasteiger partial charge in [0, 0.05) is 13.1 Å². The van der Waals surface area contributed by atoms with Gasteiger partial charge >= 0.3 is 11.9 Å². The van der Waals surface area contributed by atoms with E-state index in [1.807, 2.05) is 86.3 Å². The monoisotopic (exact) mass is 439 g/mol. The number of aliphatic carboxylic acids is 1. The van der Waals surface area contributed by atoms with Gasteiger partial charge in [0.25, 0.3) is 0 Å². The van der Waals surface area contributed by atoms with Crippen molar-refractivity contribution in [1.29, 1.82) is 0 Å². The highest BCUT2D eigenvalue weighted by molar-refractivity contribution is 5.87. The fraction of sp³-hybridized carbons (Fsp3) is 0.462. The molecule has 3 atom stereocenters. The molecule has 172 valence electrons. The smallest absolute Gasteiger partial charge is 0.324 e. The average Bonchev–Trinajstić information content (AvgIpc) is 2.72. The molecule has 1 heterocycles. The predicted octanol–water partition coefficient (Wildman–Crippen LogP) is 4.28. The second-order valence-corrected chi connectivity index (χ2v) is 9.69. The molecule has 0 bridgehead atoms. The van der Waals surface area contributed by atoms with Crippen LogP contribution in [0.2, 0.25) is 0 Å². The molecule has 3 rings (SSSR count). The lowest BCUT2D eigenvalue weighted by molar-refractivity contribution is -0.186. The first-order valence-electron chi connectivity index (χ1n) is 11.0. The van der Waals surface area contributed by atoms with Crippen LogP contribution in [0.25, 0.3) is 0 Å². The summed E-state index contributed by atoms with van der Waals surface area (Å²) in [5.74, 6) is -1.55. The molecule has 1 N–H and O–H groups in total. The summed E-state index contributed by atoms with van der Waals surface area (Å²) in [4.78, 5) is 27.7. The van der Waals surface area contributed by atoms with Gasteiger partial charge in [-0.3, -0.25) is 14.5 Å². The average molecular weight is 440 g/mol. The summed E-state index contributed by atoms with van der Waals surface area (Å²) >= 11 is 0. The van der Waals surface area contributed by atoms with Crippen LogP contribution in [0.3, 0.4) is 0 Å². The number of rotatable bonds is 7. The summed E-state index contributed by atoms with van der Waals surface area (Å²) in [5, 5.41) is 10.2. The number of esters is 1. The molecule has 0 saturated carbocycles. The Morgan fingerprint density at radius 1 is 1.03 bits per heavy atom. The number of carboxylic acids is 1. The minimum atomic E-state index is -1.35. The largest absolute Gasteiger partial charge is 0.481 e. The Labute approximate surface area is 190 Å². The molecule has 2 aromatic carbocycles. The Hall–Kier alpha value is -2.70. The minimum Gasteiger partial charge on any atom is -0.481 e. The fourth-order valence-electron chi connectivity index (χ4n) is 4.39. The van der Waals surface area contributed by atoms with Gasteiger partial charge in [0.2, 0.25) is 0 Å². The molecule has 1 aliphatic heterocycles. The molecule has 0 amide bonds. The van der Waals surface area contributed by atoms with Crippen molar-refractivity contribution in [2.45, 2.75) is 65.0 Å². The SMILES string of the molecule is CC(C)(C)O[C@@H]1CN(Cc2ccccc2)[C@H](C(=O)OCc2ccccc2)[C@@](C)(C(=O)O)C1. The molecule has 0 unspecified atom stereocenters. The predicted molar refractivity (Wildman–Crippen MR) is 122 cm³/mol. The second kappa shape index (κ2) is 9.84. The minimum absolute atomic E-state index is 0.104. The van der Waals surface area contributed by atoms with Gasteiger partial charge in [-0.1, -0.05) is 60.7 Å². The van der Waals surface area contributed by atoms with Crippen LogP contribution in [0.4, 0.5) is 0 Å². The molecule has 0 aromatic heterocycles. The van der Waals surface area contributed by atoms with Gasteiger partial charge in [0.05, 0.1) is 17.1 Å². The molecular weight excluding hydrogens is 406 g/mol. The number of hydrogen-bond acceptors (Lipinski definition) is 5. The first-order chi connectivity index (χ1) is 15.1. The molecule has 2 aromatic rings. The van der Waals surface area contributed by atoms with Crippen LogP contribution in [0.15, 0.2) is 60.7 Å². The van der Waals surface area contributed by atoms with Crippen LogP contribution in [-0.4, -0.2) is 46.2 Å². The Kier molecular flexibility index (Phi) is 7.36. The molecule has 6 heteroatoms. The third-order valence-corrected chi connectivity index (χ3v) is 5.74. The zero-order valence-electron chi connectivity index (χ0n) is 19.3. The Balaban J connectivity index is 1.90. The quantitative estimate of drug-likeness (QED) is 0.649. The van der Waals surface area contributed by atoms with Crippen molar-refractivity contribution < 1.29 is 24.2 Å². The number of carboxylic acid groups (broad SMARTS) is 1. The molecule has 0 radical (unpaired) electrons. The number of carbonyl (C=O) groups is 2. The highest BCUT2D eigenvalue weighted by atomic mass is 16.5. The van der Waals surface area contributed by atoms with Crippen molar-refractivity contribution in [1.82, 2.24) is 4.90 Å². The number of carbonyl (C=O) groups excluding carboxylic acids is 1. The van der Waals surface area contributed by atoms with Crippen LogP contribution in [0.1, 0.15) is 45.2 Å². The Morgan fingerprint density at radius 2 is 1.59 bits per heavy atom. The van der Waals surface area contributed by atoms with Gasteiger partial charge in [-0.05, 0) is 45.2 Å². The van der Waals surface area contributed by atoms with E-state index in [-0.39, 0.29) is 19.1 Å². The first-order valence-corrected chi connectivity index (χ1v) is 11.0. The molecule has 32 heavy (non-hydrogen) atoms. The number of ether oxygens (including phenoxy) is 2. The Morgan fingerprint density at radius 3 is 2.12 bits per heavy atom. The fourth-order valence-corrected chi connectivity index (χ4v) is 4.39. The van der Waals surface area contributed by atoms with Gasteiger partial charge < -0.3 is 14.6 Å². The van der Waals surface area contributed by atoms with E-state index < -0.39 is 29.0 Å². The second-order valence-electron chi connectivity index (χ2n) is 9.69. The maximum Gasteiger partial charge on any atom is 0.324 e. The molecule has 1 aliphatic rings. The normalized spacial score (nSPS) is 24.1. The number of likely N-dealkylation sites (tertiary alicyclic amines) is 1. The van der Waals surface area contributed by atoms with Crippen molar-refractivity contribution in [3.05, 3.63) is 71.8 Å². The van der Waals surface area contributed by atoms with E-state index in [1.54, 1.807) is 6.92 Å². The lowest BCUT2D eigenvalue weighted by Gasteiger charge is -2.48. The highest BCUT2D eigenvalue weighted by Crippen LogP contribution is 2.40. The van der Waals surface area contributed by atoms with E-state index in [1.165, 1.54) is 0 Å². The summed E-state index contributed by atoms with van der Waals surface area (Å²) in [6, 6.07) is 18.2. The molecule has 6 nitrogen and oxygen atoms in total. The van der Waals surface area contributed by atoms with Crippen molar-refractivity contribution in [2.75, 3.05) is 6.54 Å². The topological polar surface area (TPSA) is 76.1 Å². The maximum atomic E-state index is 13.3. The molecule has 0 aliphatic carbocycles. The number of piperidine rings is 1. The number of hydrogen-bond donors (Lipinski definition) is 1. The third kappa shape index (κ3) is 5.96. The molecule has 1 saturated heterocycles. The van der Waals surface area contributed by atoms with Crippen molar-refractivity contribution in [2.24, 2.45) is 5.41 Å². The van der Waals surface area contributed by atoms with Gasteiger partial charge in [0.15, 0.2) is 0 Å². The van der Waals surface area contributed by atoms with Crippen LogP contribution in [0.5, 0.6) is 0 Å². The summed E-state index contributed by atoms with van der Waals surface area (Å²) < 4.78 is 11.8. The number of nitrogens with zero attached hydrogens (tertiary/aromatic N) is 1. The molecular formula is C26H33NO5. The summed E-state index contributed by atoms with van der Waals surface area (Å²) in [6.45, 7) is 8.46. The summed E-state index contributed by atoms with van der Waals surface area (Å²) in [6.07, 6.45) is -0.0892.